The van der Waals surface area contributed by atoms with Gasteiger partial charge in [-0.2, -0.15) is 41.5 Å². The maximum atomic E-state index is 10.5. The molecule has 0 aliphatic heterocycles. The summed E-state index contributed by atoms with van der Waals surface area (Å²) in [6.07, 6.45) is 1.11. The first-order chi connectivity index (χ1) is 7.48. The second kappa shape index (κ2) is 19.3. The van der Waals surface area contributed by atoms with Gasteiger partial charge < -0.3 is 21.6 Å². The SMILES string of the molecule is C.CCC(CC)P(=O)(O)O.C[C-](C)C.C[C-](C)C.[Y]. The maximum Gasteiger partial charge on any atom is 0.328 e. The average Bonchev–Trinajstić information content (AvgIpc) is 2.00. The molecule has 19 heavy (non-hydrogen) atoms. The van der Waals surface area contributed by atoms with Crippen LogP contribution >= 0.6 is 7.60 Å². The van der Waals surface area contributed by atoms with Crippen LogP contribution in [0.15, 0.2) is 0 Å². The van der Waals surface area contributed by atoms with Gasteiger partial charge in [0, 0.05) is 32.7 Å². The van der Waals surface area contributed by atoms with Gasteiger partial charge in [0.05, 0.1) is 5.66 Å². The van der Waals surface area contributed by atoms with Gasteiger partial charge in [0.2, 0.25) is 0 Å². The summed E-state index contributed by atoms with van der Waals surface area (Å²) in [7, 11) is -3.78. The number of hydrogen-bond acceptors (Lipinski definition) is 1. The van der Waals surface area contributed by atoms with E-state index >= 15 is 0 Å². The predicted octanol–water partition coefficient (Wildman–Crippen LogP) is 5.23. The zero-order chi connectivity index (χ0) is 14.6. The van der Waals surface area contributed by atoms with Gasteiger partial charge >= 0.3 is 7.60 Å². The molecule has 3 nitrogen and oxygen atoms in total. The van der Waals surface area contributed by atoms with Crippen LogP contribution in [0.3, 0.4) is 0 Å². The van der Waals surface area contributed by atoms with E-state index in [2.05, 4.69) is 41.5 Å². The number of hydrogen-bond donors (Lipinski definition) is 2. The van der Waals surface area contributed by atoms with E-state index in [-0.39, 0.29) is 40.1 Å². The van der Waals surface area contributed by atoms with Crippen LogP contribution in [0.2, 0.25) is 0 Å². The normalized spacial score (nSPS) is 9.74. The van der Waals surface area contributed by atoms with Crippen molar-refractivity contribution in [3.05, 3.63) is 11.8 Å². The van der Waals surface area contributed by atoms with E-state index in [1.807, 2.05) is 0 Å². The summed E-state index contributed by atoms with van der Waals surface area (Å²) in [5, 5.41) is 0. The largest absolute Gasteiger partial charge is 0.328 e. The zero-order valence-electron chi connectivity index (χ0n) is 13.3. The summed E-state index contributed by atoms with van der Waals surface area (Å²) < 4.78 is 10.5. The summed E-state index contributed by atoms with van der Waals surface area (Å²) >= 11 is 0. The van der Waals surface area contributed by atoms with Crippen molar-refractivity contribution >= 4 is 7.60 Å². The summed E-state index contributed by atoms with van der Waals surface area (Å²) in [6.45, 7) is 16.1. The Morgan fingerprint density at radius 3 is 1.05 bits per heavy atom. The smallest absolute Gasteiger partial charge is 0.324 e. The molecule has 0 rings (SSSR count). The predicted molar refractivity (Wildman–Crippen MR) is 83.7 cm³/mol. The van der Waals surface area contributed by atoms with Crippen molar-refractivity contribution in [1.29, 1.82) is 0 Å². The molecule has 0 saturated heterocycles. The molecular weight excluding hydrogens is 336 g/mol. The van der Waals surface area contributed by atoms with Crippen LogP contribution in [-0.2, 0) is 37.3 Å². The molecule has 0 saturated carbocycles. The Morgan fingerprint density at radius 2 is 1.05 bits per heavy atom. The Bertz CT molecular complexity index is 176. The summed E-state index contributed by atoms with van der Waals surface area (Å²) in [5.74, 6) is 2.83. The quantitative estimate of drug-likeness (QED) is 0.528. The molecule has 119 valence electrons. The van der Waals surface area contributed by atoms with Gasteiger partial charge in [0.15, 0.2) is 0 Å². The molecule has 0 amide bonds. The first kappa shape index (κ1) is 32.3. The molecular formula is C14H35O3PY-2. The fourth-order valence-corrected chi connectivity index (χ4v) is 1.72. The Hall–Kier alpha value is 1.25. The molecule has 0 fully saturated rings. The first-order valence-electron chi connectivity index (χ1n) is 6.07. The molecule has 0 aliphatic carbocycles. The third-order valence-corrected chi connectivity index (χ3v) is 3.10. The van der Waals surface area contributed by atoms with Crippen molar-refractivity contribution in [1.82, 2.24) is 0 Å². The molecule has 0 atom stereocenters. The monoisotopic (exact) mass is 371 g/mol. The molecule has 0 spiro atoms. The van der Waals surface area contributed by atoms with Crippen molar-refractivity contribution in [3.8, 4) is 0 Å². The van der Waals surface area contributed by atoms with Crippen molar-refractivity contribution in [3.63, 3.8) is 0 Å². The van der Waals surface area contributed by atoms with E-state index < -0.39 is 13.3 Å². The van der Waals surface area contributed by atoms with Crippen LogP contribution in [-0.4, -0.2) is 15.4 Å². The molecule has 2 N–H and O–H groups in total. The minimum absolute atomic E-state index is 0. The minimum atomic E-state index is -3.78. The van der Waals surface area contributed by atoms with E-state index in [4.69, 9.17) is 9.79 Å². The van der Waals surface area contributed by atoms with Gasteiger partial charge in [-0.05, 0) is 12.8 Å². The van der Waals surface area contributed by atoms with Crippen LogP contribution < -0.4 is 0 Å². The van der Waals surface area contributed by atoms with Gasteiger partial charge in [0.1, 0.15) is 0 Å². The van der Waals surface area contributed by atoms with E-state index in [0.29, 0.717) is 12.8 Å². The molecule has 0 aliphatic rings. The molecule has 0 aromatic rings. The fourth-order valence-electron chi connectivity index (χ4n) is 0.764. The third kappa shape index (κ3) is 45.3. The molecule has 0 aromatic heterocycles. The molecule has 0 bridgehead atoms. The minimum Gasteiger partial charge on any atom is -0.324 e. The first-order valence-corrected chi connectivity index (χ1v) is 7.75. The van der Waals surface area contributed by atoms with Crippen LogP contribution in [0.4, 0.5) is 0 Å². The third-order valence-electron chi connectivity index (χ3n) is 1.42. The topological polar surface area (TPSA) is 57.5 Å². The fraction of sp³-hybridized carbons (Fsp3) is 0.857. The Kier molecular flexibility index (Phi) is 32.7. The van der Waals surface area contributed by atoms with E-state index in [1.54, 1.807) is 13.8 Å². The Labute approximate surface area is 147 Å². The zero-order valence-corrected chi connectivity index (χ0v) is 17.1. The van der Waals surface area contributed by atoms with Crippen molar-refractivity contribution in [2.45, 2.75) is 81.3 Å². The molecule has 0 heterocycles. The Morgan fingerprint density at radius 1 is 0.895 bits per heavy atom. The van der Waals surface area contributed by atoms with Gasteiger partial charge in [-0.3, -0.25) is 4.57 Å². The molecule has 5 heteroatoms. The summed E-state index contributed by atoms with van der Waals surface area (Å²) in [6, 6.07) is 0. The average molecular weight is 371 g/mol. The second-order valence-corrected chi connectivity index (χ2v) is 6.97. The van der Waals surface area contributed by atoms with E-state index in [1.165, 1.54) is 11.8 Å². The van der Waals surface area contributed by atoms with Gasteiger partial charge in [-0.25, -0.2) is 0 Å². The summed E-state index contributed by atoms with van der Waals surface area (Å²) in [5.41, 5.74) is -0.433. The molecule has 0 aromatic carbocycles. The van der Waals surface area contributed by atoms with E-state index in [9.17, 15) is 4.57 Å². The van der Waals surface area contributed by atoms with Crippen LogP contribution in [0, 0.1) is 11.8 Å². The molecule has 1 radical (unpaired) electrons. The van der Waals surface area contributed by atoms with Gasteiger partial charge in [-0.1, -0.05) is 21.3 Å². The van der Waals surface area contributed by atoms with Crippen LogP contribution in [0.25, 0.3) is 0 Å². The van der Waals surface area contributed by atoms with Crippen molar-refractivity contribution < 1.29 is 47.1 Å². The van der Waals surface area contributed by atoms with Crippen LogP contribution in [0.5, 0.6) is 0 Å². The van der Waals surface area contributed by atoms with Gasteiger partial charge in [0.25, 0.3) is 0 Å². The number of rotatable bonds is 3. The summed E-state index contributed by atoms with van der Waals surface area (Å²) in [4.78, 5) is 17.2. The standard InChI is InChI=1S/C5H13O3P.2C4H9.CH4.Y/c1-3-5(4-2)9(6,7)8;2*1-4(2)3;;/h5H,3-4H2,1-2H3,(H2,6,7,8);2*1-3H3;1H4;/q;2*-1;;. The van der Waals surface area contributed by atoms with E-state index in [0.717, 1.165) is 0 Å². The van der Waals surface area contributed by atoms with Crippen molar-refractivity contribution in [2.24, 2.45) is 0 Å². The van der Waals surface area contributed by atoms with Crippen LogP contribution in [0.1, 0.15) is 75.7 Å². The Balaban J connectivity index is -0.0000000560. The van der Waals surface area contributed by atoms with Crippen molar-refractivity contribution in [2.75, 3.05) is 0 Å². The maximum absolute atomic E-state index is 10.5. The second-order valence-electron chi connectivity index (χ2n) is 5.06. The molecule has 0 unspecified atom stereocenters. The van der Waals surface area contributed by atoms with Gasteiger partial charge in [-0.15, -0.1) is 0 Å².